The second-order valence-corrected chi connectivity index (χ2v) is 33.3. The zero-order chi connectivity index (χ0) is 73.7. The quantitative estimate of drug-likeness (QED) is 0.0222. The van der Waals surface area contributed by atoms with Crippen molar-refractivity contribution in [1.29, 1.82) is 0 Å². The summed E-state index contributed by atoms with van der Waals surface area (Å²) in [6.45, 7) is 12.0. The molecule has 594 valence electrons. The van der Waals surface area contributed by atoms with E-state index in [-0.39, 0.29) is 25.7 Å². The number of unbranched alkanes of at least 4 members (excludes halogenated alkanes) is 46. The van der Waals surface area contributed by atoms with Gasteiger partial charge in [0, 0.05) is 25.7 Å². The van der Waals surface area contributed by atoms with Crippen molar-refractivity contribution in [3.63, 3.8) is 0 Å². The van der Waals surface area contributed by atoms with Gasteiger partial charge in [0.05, 0.1) is 26.4 Å². The number of carbonyl (C=O) groups excluding carboxylic acids is 4. The van der Waals surface area contributed by atoms with Gasteiger partial charge >= 0.3 is 39.5 Å². The van der Waals surface area contributed by atoms with Crippen LogP contribution in [-0.2, 0) is 65.4 Å². The first kappa shape index (κ1) is 98.1. The van der Waals surface area contributed by atoms with E-state index in [1.54, 1.807) is 0 Å². The highest BCUT2D eigenvalue weighted by atomic mass is 31.2. The minimum Gasteiger partial charge on any atom is -0.462 e. The minimum atomic E-state index is -4.96. The zero-order valence-corrected chi connectivity index (χ0v) is 67.5. The number of aliphatic hydroxyl groups is 1. The molecule has 0 heterocycles. The third-order valence-electron chi connectivity index (χ3n) is 19.2. The Morgan fingerprint density at radius 1 is 0.290 bits per heavy atom. The maximum absolute atomic E-state index is 13.1. The van der Waals surface area contributed by atoms with Crippen LogP contribution in [0.1, 0.15) is 421 Å². The Hall–Kier alpha value is -1.94. The average Bonchev–Trinajstić information content (AvgIpc) is 0.936. The Morgan fingerprint density at radius 2 is 0.510 bits per heavy atom. The van der Waals surface area contributed by atoms with Gasteiger partial charge in [0.2, 0.25) is 0 Å². The predicted octanol–water partition coefficient (Wildman–Crippen LogP) is 24.1. The Morgan fingerprint density at radius 3 is 0.760 bits per heavy atom. The Labute approximate surface area is 613 Å². The fourth-order valence-electron chi connectivity index (χ4n) is 12.5. The van der Waals surface area contributed by atoms with Crippen LogP contribution in [0.4, 0.5) is 0 Å². The number of hydrogen-bond donors (Lipinski definition) is 3. The summed E-state index contributed by atoms with van der Waals surface area (Å²) >= 11 is 0. The second kappa shape index (κ2) is 71.3. The van der Waals surface area contributed by atoms with Crippen molar-refractivity contribution >= 4 is 39.5 Å². The molecule has 3 unspecified atom stereocenters. The number of ether oxygens (including phenoxy) is 4. The van der Waals surface area contributed by atoms with E-state index in [2.05, 4.69) is 48.5 Å². The molecule has 0 fully saturated rings. The molecule has 0 rings (SSSR count). The largest absolute Gasteiger partial charge is 0.472 e. The number of rotatable bonds is 79. The van der Waals surface area contributed by atoms with Crippen LogP contribution in [0.5, 0.6) is 0 Å². The van der Waals surface area contributed by atoms with E-state index in [1.165, 1.54) is 231 Å². The molecule has 0 radical (unpaired) electrons. The second-order valence-electron chi connectivity index (χ2n) is 30.4. The van der Waals surface area contributed by atoms with Crippen LogP contribution in [0.15, 0.2) is 0 Å². The highest BCUT2D eigenvalue weighted by Crippen LogP contribution is 2.45. The number of phosphoric acid groups is 2. The van der Waals surface area contributed by atoms with Crippen LogP contribution >= 0.6 is 15.6 Å². The lowest BCUT2D eigenvalue weighted by molar-refractivity contribution is -0.161. The van der Waals surface area contributed by atoms with Crippen molar-refractivity contribution in [1.82, 2.24) is 0 Å². The van der Waals surface area contributed by atoms with Crippen molar-refractivity contribution in [3.05, 3.63) is 0 Å². The molecule has 0 saturated heterocycles. The van der Waals surface area contributed by atoms with Gasteiger partial charge in [-0.15, -0.1) is 0 Å². The summed E-state index contributed by atoms with van der Waals surface area (Å²) in [5, 5.41) is 10.6. The molecule has 0 aromatic carbocycles. The third kappa shape index (κ3) is 73.0. The van der Waals surface area contributed by atoms with E-state index in [0.29, 0.717) is 25.7 Å². The van der Waals surface area contributed by atoms with Crippen LogP contribution in [0.3, 0.4) is 0 Å². The Kier molecular flexibility index (Phi) is 69.9. The van der Waals surface area contributed by atoms with Gasteiger partial charge in [0.25, 0.3) is 0 Å². The molecular weight excluding hydrogens is 1310 g/mol. The first-order chi connectivity index (χ1) is 48.3. The lowest BCUT2D eigenvalue weighted by Crippen LogP contribution is -2.30. The van der Waals surface area contributed by atoms with Gasteiger partial charge in [-0.2, -0.15) is 0 Å². The van der Waals surface area contributed by atoms with Gasteiger partial charge < -0.3 is 33.8 Å². The monoisotopic (exact) mass is 1470 g/mol. The average molecular weight is 1470 g/mol. The molecule has 3 N–H and O–H groups in total. The lowest BCUT2D eigenvalue weighted by atomic mass is 9.99. The first-order valence-corrected chi connectivity index (χ1v) is 44.9. The minimum absolute atomic E-state index is 0.106. The van der Waals surface area contributed by atoms with Gasteiger partial charge in [0.1, 0.15) is 19.3 Å². The highest BCUT2D eigenvalue weighted by molar-refractivity contribution is 7.47. The molecule has 6 atom stereocenters. The molecule has 0 amide bonds. The summed E-state index contributed by atoms with van der Waals surface area (Å²) in [5.41, 5.74) is 0. The van der Waals surface area contributed by atoms with Crippen LogP contribution in [0.2, 0.25) is 0 Å². The van der Waals surface area contributed by atoms with E-state index in [9.17, 15) is 43.2 Å². The van der Waals surface area contributed by atoms with Gasteiger partial charge in [-0.3, -0.25) is 37.3 Å². The maximum Gasteiger partial charge on any atom is 0.472 e. The highest BCUT2D eigenvalue weighted by Gasteiger charge is 2.30. The number of carbonyl (C=O) groups is 4. The molecule has 0 aliphatic carbocycles. The lowest BCUT2D eigenvalue weighted by Gasteiger charge is -2.21. The maximum atomic E-state index is 13.1. The Balaban J connectivity index is 5.24. The van der Waals surface area contributed by atoms with Crippen LogP contribution in [0.25, 0.3) is 0 Å². The van der Waals surface area contributed by atoms with Crippen LogP contribution in [-0.4, -0.2) is 96.7 Å². The fourth-order valence-corrected chi connectivity index (χ4v) is 14.0. The molecule has 100 heavy (non-hydrogen) atoms. The molecular formula is C81H158O17P2. The molecule has 17 nitrogen and oxygen atoms in total. The van der Waals surface area contributed by atoms with E-state index in [0.717, 1.165) is 108 Å². The van der Waals surface area contributed by atoms with Crippen molar-refractivity contribution in [2.75, 3.05) is 39.6 Å². The van der Waals surface area contributed by atoms with Crippen molar-refractivity contribution in [2.45, 2.75) is 439 Å². The van der Waals surface area contributed by atoms with Crippen LogP contribution < -0.4 is 0 Å². The number of hydrogen-bond acceptors (Lipinski definition) is 15. The number of aliphatic hydroxyl groups excluding tert-OH is 1. The molecule has 0 spiro atoms. The Bertz CT molecular complexity index is 1940. The normalized spacial score (nSPS) is 14.2. The van der Waals surface area contributed by atoms with Crippen molar-refractivity contribution in [3.8, 4) is 0 Å². The SMILES string of the molecule is CCCCCCCCCCCCC(=O)OC[C@H](COP(=O)(O)OC[C@H](O)COP(=O)(O)OC[C@@H](COC(=O)CCCCCCCCCCCCCCCCC(C)CC)OC(=O)CCCCCCCCCCCCCCCCCCC(C)C)OC(=O)CCCCCCCCCCCCC(C)C. The summed E-state index contributed by atoms with van der Waals surface area (Å²) in [6.07, 6.45) is 59.6. The summed E-state index contributed by atoms with van der Waals surface area (Å²) < 4.78 is 68.7. The fraction of sp³-hybridized carbons (Fsp3) is 0.951. The summed E-state index contributed by atoms with van der Waals surface area (Å²) in [5.74, 6) is 0.301. The molecule has 0 bridgehead atoms. The standard InChI is InChI=1S/C81H158O17P2/c1-8-10-11-12-13-14-34-41-48-55-62-78(83)91-68-76(98-81(86)65-58-51-44-37-30-29-32-39-46-53-60-73(5)6)70-95-99(87,88)93-66-75(82)67-94-100(89,90)96-71-77(69-92-79(84)63-56-49-42-35-27-23-20-19-22-26-33-40-47-54-61-74(7)9-2)97-80(85)64-57-50-43-36-28-24-18-16-15-17-21-25-31-38-45-52-59-72(3)4/h72-77,82H,8-71H2,1-7H3,(H,87,88)(H,89,90)/t74?,75-,76+,77+/m0/s1. The molecule has 0 aliphatic heterocycles. The summed E-state index contributed by atoms with van der Waals surface area (Å²) in [7, 11) is -9.92. The molecule has 0 aromatic rings. The van der Waals surface area contributed by atoms with E-state index in [4.69, 9.17) is 37.0 Å². The van der Waals surface area contributed by atoms with Crippen molar-refractivity contribution in [2.24, 2.45) is 17.8 Å². The van der Waals surface area contributed by atoms with Gasteiger partial charge in [-0.25, -0.2) is 9.13 Å². The molecule has 0 aliphatic rings. The molecule has 0 aromatic heterocycles. The summed E-state index contributed by atoms with van der Waals surface area (Å²) in [6, 6.07) is 0. The first-order valence-electron chi connectivity index (χ1n) is 41.9. The van der Waals surface area contributed by atoms with E-state index >= 15 is 0 Å². The van der Waals surface area contributed by atoms with Gasteiger partial charge in [-0.1, -0.05) is 370 Å². The smallest absolute Gasteiger partial charge is 0.462 e. The number of esters is 4. The van der Waals surface area contributed by atoms with Crippen molar-refractivity contribution < 1.29 is 80.2 Å². The number of phosphoric ester groups is 2. The summed E-state index contributed by atoms with van der Waals surface area (Å²) in [4.78, 5) is 73.0. The topological polar surface area (TPSA) is 237 Å². The van der Waals surface area contributed by atoms with Gasteiger partial charge in [0.15, 0.2) is 12.2 Å². The van der Waals surface area contributed by atoms with E-state index < -0.39 is 97.5 Å². The van der Waals surface area contributed by atoms with Gasteiger partial charge in [-0.05, 0) is 43.4 Å². The third-order valence-corrected chi connectivity index (χ3v) is 21.1. The van der Waals surface area contributed by atoms with E-state index in [1.807, 2.05) is 0 Å². The molecule has 0 saturated carbocycles. The van der Waals surface area contributed by atoms with Crippen LogP contribution in [0, 0.1) is 17.8 Å². The predicted molar refractivity (Wildman–Crippen MR) is 409 cm³/mol. The molecule has 19 heteroatoms. The zero-order valence-electron chi connectivity index (χ0n) is 65.7.